The predicted molar refractivity (Wildman–Crippen MR) is 69.2 cm³/mol. The molecule has 6 heteroatoms. The lowest BCUT2D eigenvalue weighted by atomic mass is 10.1. The standard InChI is InChI=1S/C12H15N3O3/c1-13-12(16)10-5-4-9(6-7-14(2)3)11(8-10)15(17)18/h4-8H,1-3H3,(H,13,16)/b7-6+. The Balaban J connectivity index is 3.21. The molecule has 6 nitrogen and oxygen atoms in total. The zero-order chi connectivity index (χ0) is 13.7. The van der Waals surface area contributed by atoms with Gasteiger partial charge in [-0.3, -0.25) is 14.9 Å². The molecule has 0 bridgehead atoms. The normalized spacial score (nSPS) is 10.4. The van der Waals surface area contributed by atoms with Crippen LogP contribution >= 0.6 is 0 Å². The Hall–Kier alpha value is -2.37. The second kappa shape index (κ2) is 5.81. The van der Waals surface area contributed by atoms with Crippen molar-refractivity contribution >= 4 is 17.7 Å². The molecule has 0 aromatic heterocycles. The van der Waals surface area contributed by atoms with Crippen LogP contribution in [0.5, 0.6) is 0 Å². The van der Waals surface area contributed by atoms with E-state index in [0.717, 1.165) is 0 Å². The molecular weight excluding hydrogens is 234 g/mol. The fourth-order valence-electron chi connectivity index (χ4n) is 1.36. The van der Waals surface area contributed by atoms with E-state index < -0.39 is 4.92 Å². The van der Waals surface area contributed by atoms with Gasteiger partial charge >= 0.3 is 0 Å². The Labute approximate surface area is 105 Å². The summed E-state index contributed by atoms with van der Waals surface area (Å²) in [7, 11) is 5.12. The molecule has 18 heavy (non-hydrogen) atoms. The molecule has 1 amide bonds. The van der Waals surface area contributed by atoms with Crippen LogP contribution in [0.4, 0.5) is 5.69 Å². The summed E-state index contributed by atoms with van der Waals surface area (Å²) in [5.74, 6) is -0.346. The first-order valence-electron chi connectivity index (χ1n) is 5.31. The number of carbonyl (C=O) groups excluding carboxylic acids is 1. The van der Waals surface area contributed by atoms with Crippen molar-refractivity contribution in [2.24, 2.45) is 0 Å². The zero-order valence-corrected chi connectivity index (χ0v) is 10.5. The molecule has 0 heterocycles. The first kappa shape index (κ1) is 13.7. The van der Waals surface area contributed by atoms with E-state index in [9.17, 15) is 14.9 Å². The molecule has 0 spiro atoms. The smallest absolute Gasteiger partial charge is 0.277 e. The average molecular weight is 249 g/mol. The van der Waals surface area contributed by atoms with Crippen LogP contribution in [0.1, 0.15) is 15.9 Å². The van der Waals surface area contributed by atoms with Crippen molar-refractivity contribution in [3.05, 3.63) is 45.6 Å². The summed E-state index contributed by atoms with van der Waals surface area (Å²) in [5.41, 5.74) is 0.641. The lowest BCUT2D eigenvalue weighted by molar-refractivity contribution is -0.385. The van der Waals surface area contributed by atoms with Gasteiger partial charge in [0.1, 0.15) is 0 Å². The highest BCUT2D eigenvalue weighted by Gasteiger charge is 2.15. The Morgan fingerprint density at radius 3 is 2.61 bits per heavy atom. The molecule has 0 aliphatic carbocycles. The molecule has 0 aliphatic rings. The summed E-state index contributed by atoms with van der Waals surface area (Å²) in [6.45, 7) is 0. The number of carbonyl (C=O) groups is 1. The minimum Gasteiger partial charge on any atom is -0.383 e. The van der Waals surface area contributed by atoms with Crippen LogP contribution in [0.3, 0.4) is 0 Å². The molecule has 0 atom stereocenters. The maximum atomic E-state index is 11.4. The molecule has 0 aliphatic heterocycles. The third-order valence-electron chi connectivity index (χ3n) is 2.27. The number of hydrogen-bond donors (Lipinski definition) is 1. The largest absolute Gasteiger partial charge is 0.383 e. The number of rotatable bonds is 4. The van der Waals surface area contributed by atoms with E-state index in [0.29, 0.717) is 5.56 Å². The van der Waals surface area contributed by atoms with Gasteiger partial charge in [-0.15, -0.1) is 0 Å². The molecule has 0 saturated heterocycles. The van der Waals surface area contributed by atoms with E-state index in [1.165, 1.54) is 13.1 Å². The second-order valence-corrected chi connectivity index (χ2v) is 3.89. The molecule has 1 N–H and O–H groups in total. The minimum atomic E-state index is -0.498. The van der Waals surface area contributed by atoms with Gasteiger partial charge in [-0.2, -0.15) is 0 Å². The van der Waals surface area contributed by atoms with Crippen molar-refractivity contribution in [3.63, 3.8) is 0 Å². The Bertz CT molecular complexity index is 495. The zero-order valence-electron chi connectivity index (χ0n) is 10.5. The number of nitro benzene ring substituents is 1. The Morgan fingerprint density at radius 1 is 1.44 bits per heavy atom. The van der Waals surface area contributed by atoms with Crippen molar-refractivity contribution in [2.75, 3.05) is 21.1 Å². The Morgan fingerprint density at radius 2 is 2.11 bits per heavy atom. The summed E-state index contributed by atoms with van der Waals surface area (Å²) >= 11 is 0. The molecule has 0 unspecified atom stereocenters. The van der Waals surface area contributed by atoms with Gasteiger partial charge in [0.25, 0.3) is 11.6 Å². The molecule has 1 rings (SSSR count). The Kier molecular flexibility index (Phi) is 4.42. The van der Waals surface area contributed by atoms with E-state index >= 15 is 0 Å². The summed E-state index contributed by atoms with van der Waals surface area (Å²) in [6, 6.07) is 4.39. The highest BCUT2D eigenvalue weighted by Crippen LogP contribution is 2.21. The molecule has 0 radical (unpaired) electrons. The monoisotopic (exact) mass is 249 g/mol. The molecular formula is C12H15N3O3. The summed E-state index contributed by atoms with van der Waals surface area (Å²) in [5, 5.41) is 13.4. The van der Waals surface area contributed by atoms with E-state index in [-0.39, 0.29) is 17.2 Å². The van der Waals surface area contributed by atoms with Crippen LogP contribution in [-0.2, 0) is 0 Å². The lowest BCUT2D eigenvalue weighted by Gasteiger charge is -2.05. The van der Waals surface area contributed by atoms with Crippen LogP contribution in [0.15, 0.2) is 24.4 Å². The van der Waals surface area contributed by atoms with Gasteiger partial charge in [-0.05, 0) is 24.4 Å². The second-order valence-electron chi connectivity index (χ2n) is 3.89. The van der Waals surface area contributed by atoms with Gasteiger partial charge in [0.05, 0.1) is 10.5 Å². The lowest BCUT2D eigenvalue weighted by Crippen LogP contribution is -2.17. The van der Waals surface area contributed by atoms with E-state index in [1.54, 1.807) is 29.3 Å². The van der Waals surface area contributed by atoms with Gasteiger partial charge in [0.2, 0.25) is 0 Å². The van der Waals surface area contributed by atoms with Crippen molar-refractivity contribution in [1.29, 1.82) is 0 Å². The quantitative estimate of drug-likeness (QED) is 0.648. The van der Waals surface area contributed by atoms with Gasteiger partial charge in [0, 0.05) is 32.8 Å². The molecule has 1 aromatic carbocycles. The summed E-state index contributed by atoms with van der Waals surface area (Å²) < 4.78 is 0. The topological polar surface area (TPSA) is 75.5 Å². The van der Waals surface area contributed by atoms with Crippen LogP contribution in [0.25, 0.3) is 6.08 Å². The number of amides is 1. The molecule has 0 saturated carbocycles. The number of benzene rings is 1. The van der Waals surface area contributed by atoms with Crippen LogP contribution < -0.4 is 5.32 Å². The molecule has 1 aromatic rings. The van der Waals surface area contributed by atoms with Crippen molar-refractivity contribution in [3.8, 4) is 0 Å². The fraction of sp³-hybridized carbons (Fsp3) is 0.250. The van der Waals surface area contributed by atoms with E-state index in [2.05, 4.69) is 5.32 Å². The number of nitro groups is 1. The maximum Gasteiger partial charge on any atom is 0.277 e. The number of nitrogens with zero attached hydrogens (tertiary/aromatic N) is 2. The first-order valence-corrected chi connectivity index (χ1v) is 5.31. The maximum absolute atomic E-state index is 11.4. The van der Waals surface area contributed by atoms with Crippen LogP contribution in [0, 0.1) is 10.1 Å². The van der Waals surface area contributed by atoms with Gasteiger partial charge in [-0.25, -0.2) is 0 Å². The van der Waals surface area contributed by atoms with Crippen LogP contribution in [0.2, 0.25) is 0 Å². The number of hydrogen-bond acceptors (Lipinski definition) is 4. The third kappa shape index (κ3) is 3.31. The third-order valence-corrected chi connectivity index (χ3v) is 2.27. The van der Waals surface area contributed by atoms with Crippen molar-refractivity contribution in [2.45, 2.75) is 0 Å². The van der Waals surface area contributed by atoms with Crippen LogP contribution in [-0.4, -0.2) is 36.9 Å². The molecule has 0 fully saturated rings. The highest BCUT2D eigenvalue weighted by atomic mass is 16.6. The average Bonchev–Trinajstić information content (AvgIpc) is 2.34. The first-order chi connectivity index (χ1) is 8.45. The fourth-order valence-corrected chi connectivity index (χ4v) is 1.36. The SMILES string of the molecule is CNC(=O)c1ccc(/C=C/N(C)C)c([N+](=O)[O-])c1. The molecule has 96 valence electrons. The number of nitrogens with one attached hydrogen (secondary N) is 1. The van der Waals surface area contributed by atoms with Crippen molar-refractivity contribution < 1.29 is 9.72 Å². The highest BCUT2D eigenvalue weighted by molar-refractivity contribution is 5.95. The summed E-state index contributed by atoms with van der Waals surface area (Å²) in [4.78, 5) is 23.6. The minimum absolute atomic E-state index is 0.0887. The van der Waals surface area contributed by atoms with Gasteiger partial charge in [-0.1, -0.05) is 0 Å². The van der Waals surface area contributed by atoms with Crippen molar-refractivity contribution in [1.82, 2.24) is 10.2 Å². The van der Waals surface area contributed by atoms with E-state index in [1.807, 2.05) is 14.1 Å². The van der Waals surface area contributed by atoms with E-state index in [4.69, 9.17) is 0 Å². The van der Waals surface area contributed by atoms with Gasteiger partial charge < -0.3 is 10.2 Å². The summed E-state index contributed by atoms with van der Waals surface area (Å²) in [6.07, 6.45) is 3.34. The predicted octanol–water partition coefficient (Wildman–Crippen LogP) is 1.49. The van der Waals surface area contributed by atoms with Gasteiger partial charge in [0.15, 0.2) is 0 Å².